The molecule has 16 heavy (non-hydrogen) atoms. The highest BCUT2D eigenvalue weighted by Gasteiger charge is 2.14. The van der Waals surface area contributed by atoms with Crippen molar-refractivity contribution in [1.29, 1.82) is 0 Å². The molecular weight excluding hydrogens is 212 g/mol. The van der Waals surface area contributed by atoms with Crippen LogP contribution in [0.2, 0.25) is 0 Å². The maximum Gasteiger partial charge on any atom is 0.0231 e. The number of benzene rings is 1. The summed E-state index contributed by atoms with van der Waals surface area (Å²) in [6.07, 6.45) is 11.0. The molecule has 0 aromatic heterocycles. The summed E-state index contributed by atoms with van der Waals surface area (Å²) in [7, 11) is 0. The predicted octanol–water partition coefficient (Wildman–Crippen LogP) is 4.25. The molecule has 2 aliphatic rings. The van der Waals surface area contributed by atoms with Crippen molar-refractivity contribution in [3.63, 3.8) is 0 Å². The predicted molar refractivity (Wildman–Crippen MR) is 71.4 cm³/mol. The van der Waals surface area contributed by atoms with Gasteiger partial charge < -0.3 is 0 Å². The van der Waals surface area contributed by atoms with Crippen LogP contribution >= 0.6 is 11.8 Å². The standard InChI is InChI=1S/C15H14S/c1-2-7-13-10-12-6-4-5-8-14(12)11-16-15(13)9-3-1/h1-8H,9-11H2. The Bertz CT molecular complexity index is 492. The van der Waals surface area contributed by atoms with E-state index in [9.17, 15) is 0 Å². The van der Waals surface area contributed by atoms with E-state index in [4.69, 9.17) is 0 Å². The van der Waals surface area contributed by atoms with Crippen LogP contribution in [0.5, 0.6) is 0 Å². The summed E-state index contributed by atoms with van der Waals surface area (Å²) in [6, 6.07) is 8.81. The molecule has 0 saturated carbocycles. The smallest absolute Gasteiger partial charge is 0.0231 e. The lowest BCUT2D eigenvalue weighted by atomic mass is 10.00. The minimum absolute atomic E-state index is 1.09. The van der Waals surface area contributed by atoms with Crippen molar-refractivity contribution in [1.82, 2.24) is 0 Å². The first kappa shape index (κ1) is 9.98. The molecule has 80 valence electrons. The molecule has 1 aliphatic heterocycles. The Labute approximate surface area is 101 Å². The van der Waals surface area contributed by atoms with Crippen LogP contribution in [0.3, 0.4) is 0 Å². The molecule has 0 nitrogen and oxygen atoms in total. The van der Waals surface area contributed by atoms with Gasteiger partial charge in [0.25, 0.3) is 0 Å². The summed E-state index contributed by atoms with van der Waals surface area (Å²) in [5.41, 5.74) is 4.49. The largest absolute Gasteiger partial charge is 0.125 e. The van der Waals surface area contributed by atoms with Gasteiger partial charge in [-0.15, -0.1) is 11.8 Å². The SMILES string of the molecule is C1=CCC2=C(C=C1)Cc1ccccc1CS2. The second-order valence-corrected chi connectivity index (χ2v) is 5.24. The maximum atomic E-state index is 2.27. The fourth-order valence-electron chi connectivity index (χ4n) is 2.20. The molecule has 0 atom stereocenters. The fraction of sp³-hybridized carbons (Fsp3) is 0.200. The van der Waals surface area contributed by atoms with E-state index in [1.807, 2.05) is 11.8 Å². The minimum Gasteiger partial charge on any atom is -0.125 e. The van der Waals surface area contributed by atoms with Crippen LogP contribution in [0.1, 0.15) is 17.5 Å². The van der Waals surface area contributed by atoms with Gasteiger partial charge in [-0.3, -0.25) is 0 Å². The molecule has 0 radical (unpaired) electrons. The molecule has 1 heterocycles. The van der Waals surface area contributed by atoms with Crippen molar-refractivity contribution in [3.05, 3.63) is 70.2 Å². The molecule has 0 saturated heterocycles. The Kier molecular flexibility index (Phi) is 2.71. The molecule has 0 spiro atoms. The highest BCUT2D eigenvalue weighted by Crippen LogP contribution is 2.35. The van der Waals surface area contributed by atoms with E-state index in [0.29, 0.717) is 0 Å². The minimum atomic E-state index is 1.09. The summed E-state index contributed by atoms with van der Waals surface area (Å²) in [4.78, 5) is 1.54. The van der Waals surface area contributed by atoms with Crippen LogP contribution < -0.4 is 0 Å². The number of thioether (sulfide) groups is 1. The average molecular weight is 226 g/mol. The number of hydrogen-bond donors (Lipinski definition) is 0. The second kappa shape index (κ2) is 4.34. The molecule has 1 aliphatic carbocycles. The van der Waals surface area contributed by atoms with Crippen LogP contribution in [0.25, 0.3) is 0 Å². The molecule has 0 bridgehead atoms. The summed E-state index contributed by atoms with van der Waals surface area (Å²) >= 11 is 2.00. The van der Waals surface area contributed by atoms with Crippen LogP contribution in [-0.2, 0) is 12.2 Å². The van der Waals surface area contributed by atoms with Crippen molar-refractivity contribution >= 4 is 11.8 Å². The topological polar surface area (TPSA) is 0 Å². The number of hydrogen-bond acceptors (Lipinski definition) is 1. The Hall–Kier alpha value is -1.21. The number of fused-ring (bicyclic) bond motifs is 1. The first-order chi connectivity index (χ1) is 7.93. The molecule has 1 aromatic rings. The number of allylic oxidation sites excluding steroid dienone is 6. The van der Waals surface area contributed by atoms with Crippen molar-refractivity contribution in [2.45, 2.75) is 18.6 Å². The fourth-order valence-corrected chi connectivity index (χ4v) is 3.35. The lowest BCUT2D eigenvalue weighted by Crippen LogP contribution is -1.91. The molecule has 1 aromatic carbocycles. The van der Waals surface area contributed by atoms with Gasteiger partial charge in [-0.05, 0) is 34.4 Å². The Balaban J connectivity index is 2.00. The van der Waals surface area contributed by atoms with Gasteiger partial charge in [-0.25, -0.2) is 0 Å². The third-order valence-corrected chi connectivity index (χ3v) is 4.34. The third kappa shape index (κ3) is 1.88. The molecule has 0 fully saturated rings. The zero-order valence-corrected chi connectivity index (χ0v) is 9.96. The van der Waals surface area contributed by atoms with Gasteiger partial charge >= 0.3 is 0 Å². The molecule has 0 unspecified atom stereocenters. The van der Waals surface area contributed by atoms with Gasteiger partial charge in [0.1, 0.15) is 0 Å². The quantitative estimate of drug-likeness (QED) is 0.637. The second-order valence-electron chi connectivity index (χ2n) is 4.17. The highest BCUT2D eigenvalue weighted by molar-refractivity contribution is 8.02. The Morgan fingerprint density at radius 2 is 1.88 bits per heavy atom. The van der Waals surface area contributed by atoms with Crippen molar-refractivity contribution in [2.24, 2.45) is 0 Å². The van der Waals surface area contributed by atoms with Crippen molar-refractivity contribution in [3.8, 4) is 0 Å². The van der Waals surface area contributed by atoms with Crippen molar-refractivity contribution in [2.75, 3.05) is 0 Å². The van der Waals surface area contributed by atoms with Crippen LogP contribution in [0.15, 0.2) is 59.0 Å². The Morgan fingerprint density at radius 3 is 2.81 bits per heavy atom. The molecular formula is C15H14S. The van der Waals surface area contributed by atoms with Gasteiger partial charge in [0.05, 0.1) is 0 Å². The summed E-state index contributed by atoms with van der Waals surface area (Å²) < 4.78 is 0. The maximum absolute atomic E-state index is 2.27. The van der Waals surface area contributed by atoms with E-state index in [0.717, 1.165) is 18.6 Å². The monoisotopic (exact) mass is 226 g/mol. The van der Waals surface area contributed by atoms with Gasteiger partial charge in [-0.2, -0.15) is 0 Å². The van der Waals surface area contributed by atoms with Crippen LogP contribution in [0, 0.1) is 0 Å². The lowest BCUT2D eigenvalue weighted by Gasteiger charge is -2.05. The number of rotatable bonds is 0. The zero-order valence-electron chi connectivity index (χ0n) is 9.15. The van der Waals surface area contributed by atoms with E-state index < -0.39 is 0 Å². The first-order valence-corrected chi connectivity index (χ1v) is 6.67. The van der Waals surface area contributed by atoms with E-state index in [1.165, 1.54) is 16.7 Å². The summed E-state index contributed by atoms with van der Waals surface area (Å²) in [5, 5.41) is 0. The van der Waals surface area contributed by atoms with Crippen LogP contribution in [0.4, 0.5) is 0 Å². The highest BCUT2D eigenvalue weighted by atomic mass is 32.2. The summed E-state index contributed by atoms with van der Waals surface area (Å²) in [5.74, 6) is 1.12. The molecule has 1 heteroatoms. The van der Waals surface area contributed by atoms with Gasteiger partial charge in [0.2, 0.25) is 0 Å². The summed E-state index contributed by atoms with van der Waals surface area (Å²) in [6.45, 7) is 0. The van der Waals surface area contributed by atoms with E-state index in [2.05, 4.69) is 48.6 Å². The van der Waals surface area contributed by atoms with Crippen LogP contribution in [-0.4, -0.2) is 0 Å². The average Bonchev–Trinajstić information content (AvgIpc) is 2.61. The van der Waals surface area contributed by atoms with E-state index >= 15 is 0 Å². The molecule has 0 N–H and O–H groups in total. The normalized spacial score (nSPS) is 18.8. The van der Waals surface area contributed by atoms with Gasteiger partial charge in [0.15, 0.2) is 0 Å². The van der Waals surface area contributed by atoms with Crippen molar-refractivity contribution < 1.29 is 0 Å². The van der Waals surface area contributed by atoms with E-state index in [-0.39, 0.29) is 0 Å². The van der Waals surface area contributed by atoms with Gasteiger partial charge in [0, 0.05) is 5.75 Å². The third-order valence-electron chi connectivity index (χ3n) is 3.11. The van der Waals surface area contributed by atoms with E-state index in [1.54, 1.807) is 4.91 Å². The Morgan fingerprint density at radius 1 is 1.00 bits per heavy atom. The molecule has 3 rings (SSSR count). The zero-order chi connectivity index (χ0) is 10.8. The molecule has 0 amide bonds. The van der Waals surface area contributed by atoms with Gasteiger partial charge in [-0.1, -0.05) is 48.6 Å². The first-order valence-electron chi connectivity index (χ1n) is 5.68. The lowest BCUT2D eigenvalue weighted by molar-refractivity contribution is 1.14.